The molecule has 0 aliphatic carbocycles. The molecule has 21 heavy (non-hydrogen) atoms. The van der Waals surface area contributed by atoms with E-state index >= 15 is 0 Å². The molecule has 0 amide bonds. The van der Waals surface area contributed by atoms with Crippen molar-refractivity contribution in [2.24, 2.45) is 7.05 Å². The number of hydrogen-bond acceptors (Lipinski definition) is 8. The molecule has 0 spiro atoms. The molecule has 0 unspecified atom stereocenters. The Hall–Kier alpha value is -2.42. The molecular formula is C12H17N7O2. The quantitative estimate of drug-likeness (QED) is 0.859. The van der Waals surface area contributed by atoms with E-state index in [4.69, 9.17) is 9.47 Å². The summed E-state index contributed by atoms with van der Waals surface area (Å²) in [6.07, 6.45) is 3.36. The molecule has 2 aromatic heterocycles. The lowest BCUT2D eigenvalue weighted by Gasteiger charge is -2.26. The average molecular weight is 291 g/mol. The van der Waals surface area contributed by atoms with E-state index in [2.05, 4.69) is 25.4 Å². The molecule has 1 saturated heterocycles. The van der Waals surface area contributed by atoms with Gasteiger partial charge in [-0.1, -0.05) is 0 Å². The molecule has 1 aliphatic heterocycles. The van der Waals surface area contributed by atoms with Crippen molar-refractivity contribution in [1.82, 2.24) is 24.7 Å². The molecular weight excluding hydrogens is 274 g/mol. The first-order valence-electron chi connectivity index (χ1n) is 6.67. The summed E-state index contributed by atoms with van der Waals surface area (Å²) in [5, 5.41) is 6.96. The third-order valence-electron chi connectivity index (χ3n) is 3.01. The third kappa shape index (κ3) is 3.19. The first-order chi connectivity index (χ1) is 10.2. The SMILES string of the molecule is CNc1nc(Oc2cnn(C)c2)nc(N2CCOCC2)n1. The van der Waals surface area contributed by atoms with Crippen LogP contribution in [-0.4, -0.2) is 58.1 Å². The summed E-state index contributed by atoms with van der Waals surface area (Å²) < 4.78 is 12.6. The first kappa shape index (κ1) is 13.6. The first-order valence-corrected chi connectivity index (χ1v) is 6.67. The predicted octanol–water partition coefficient (Wildman–Crippen LogP) is 0.276. The fraction of sp³-hybridized carbons (Fsp3) is 0.500. The number of nitrogens with one attached hydrogen (secondary N) is 1. The molecule has 1 aliphatic rings. The highest BCUT2D eigenvalue weighted by atomic mass is 16.5. The summed E-state index contributed by atoms with van der Waals surface area (Å²) in [5.41, 5.74) is 0. The van der Waals surface area contributed by atoms with Crippen molar-refractivity contribution in [2.75, 3.05) is 43.6 Å². The second kappa shape index (κ2) is 5.92. The van der Waals surface area contributed by atoms with Crippen LogP contribution in [0.15, 0.2) is 12.4 Å². The van der Waals surface area contributed by atoms with Crippen LogP contribution in [0.1, 0.15) is 0 Å². The molecule has 9 nitrogen and oxygen atoms in total. The van der Waals surface area contributed by atoms with Gasteiger partial charge in [0, 0.05) is 27.2 Å². The van der Waals surface area contributed by atoms with E-state index in [1.165, 1.54) is 0 Å². The maximum Gasteiger partial charge on any atom is 0.328 e. The molecule has 112 valence electrons. The Kier molecular flexibility index (Phi) is 3.82. The zero-order valence-electron chi connectivity index (χ0n) is 12.0. The van der Waals surface area contributed by atoms with Gasteiger partial charge in [0.15, 0.2) is 5.75 Å². The molecule has 1 fully saturated rings. The molecule has 3 rings (SSSR count). The van der Waals surface area contributed by atoms with Crippen molar-refractivity contribution in [1.29, 1.82) is 0 Å². The molecule has 0 radical (unpaired) electrons. The predicted molar refractivity (Wildman–Crippen MR) is 75.7 cm³/mol. The van der Waals surface area contributed by atoms with Gasteiger partial charge in [0.2, 0.25) is 11.9 Å². The van der Waals surface area contributed by atoms with Crippen LogP contribution in [0.3, 0.4) is 0 Å². The van der Waals surface area contributed by atoms with E-state index in [1.807, 2.05) is 11.9 Å². The zero-order chi connectivity index (χ0) is 14.7. The smallest absolute Gasteiger partial charge is 0.328 e. The van der Waals surface area contributed by atoms with E-state index in [0.29, 0.717) is 30.9 Å². The third-order valence-corrected chi connectivity index (χ3v) is 3.01. The Morgan fingerprint density at radius 1 is 1.24 bits per heavy atom. The average Bonchev–Trinajstić information content (AvgIpc) is 2.93. The molecule has 2 aromatic rings. The van der Waals surface area contributed by atoms with Gasteiger partial charge < -0.3 is 19.7 Å². The topological polar surface area (TPSA) is 90.2 Å². The van der Waals surface area contributed by atoms with E-state index in [-0.39, 0.29) is 6.01 Å². The van der Waals surface area contributed by atoms with Gasteiger partial charge >= 0.3 is 6.01 Å². The van der Waals surface area contributed by atoms with Crippen LogP contribution >= 0.6 is 0 Å². The highest BCUT2D eigenvalue weighted by molar-refractivity contribution is 5.39. The van der Waals surface area contributed by atoms with Crippen molar-refractivity contribution in [2.45, 2.75) is 0 Å². The Balaban J connectivity index is 1.85. The number of aromatic nitrogens is 5. The normalized spacial score (nSPS) is 15.0. The zero-order valence-corrected chi connectivity index (χ0v) is 12.0. The number of ether oxygens (including phenoxy) is 2. The number of anilines is 2. The number of aryl methyl sites for hydroxylation is 1. The van der Waals surface area contributed by atoms with Crippen LogP contribution in [0, 0.1) is 0 Å². The van der Waals surface area contributed by atoms with Gasteiger partial charge in [-0.15, -0.1) is 0 Å². The minimum atomic E-state index is 0.240. The molecule has 9 heteroatoms. The monoisotopic (exact) mass is 291 g/mol. The summed E-state index contributed by atoms with van der Waals surface area (Å²) in [6.45, 7) is 2.83. The summed E-state index contributed by atoms with van der Waals surface area (Å²) in [7, 11) is 3.57. The number of hydrogen-bond donors (Lipinski definition) is 1. The van der Waals surface area contributed by atoms with Gasteiger partial charge in [-0.25, -0.2) is 0 Å². The fourth-order valence-electron chi connectivity index (χ4n) is 1.96. The Morgan fingerprint density at radius 3 is 2.71 bits per heavy atom. The Bertz CT molecular complexity index is 609. The molecule has 0 saturated carbocycles. The summed E-state index contributed by atoms with van der Waals surface area (Å²) in [4.78, 5) is 15.0. The van der Waals surface area contributed by atoms with Gasteiger partial charge in [-0.3, -0.25) is 4.68 Å². The minimum absolute atomic E-state index is 0.240. The molecule has 0 bridgehead atoms. The summed E-state index contributed by atoms with van der Waals surface area (Å²) >= 11 is 0. The largest absolute Gasteiger partial charge is 0.421 e. The van der Waals surface area contributed by atoms with Gasteiger partial charge in [0.1, 0.15) is 0 Å². The van der Waals surface area contributed by atoms with Crippen LogP contribution in [0.4, 0.5) is 11.9 Å². The second-order valence-electron chi connectivity index (χ2n) is 4.54. The van der Waals surface area contributed by atoms with E-state index in [0.717, 1.165) is 13.1 Å². The maximum absolute atomic E-state index is 5.63. The maximum atomic E-state index is 5.63. The molecule has 0 atom stereocenters. The van der Waals surface area contributed by atoms with Crippen molar-refractivity contribution in [3.8, 4) is 11.8 Å². The number of rotatable bonds is 4. The standard InChI is InChI=1S/C12H17N7O2/c1-13-10-15-11(19-3-5-20-6-4-19)17-12(16-10)21-9-7-14-18(2)8-9/h7-8H,3-6H2,1-2H3,(H,13,15,16,17). The van der Waals surface area contributed by atoms with Crippen LogP contribution < -0.4 is 15.0 Å². The summed E-state index contributed by atoms with van der Waals surface area (Å²) in [6, 6.07) is 0.240. The van der Waals surface area contributed by atoms with E-state index in [1.54, 1.807) is 24.1 Å². The lowest BCUT2D eigenvalue weighted by molar-refractivity contribution is 0.122. The lowest BCUT2D eigenvalue weighted by atomic mass is 10.4. The Morgan fingerprint density at radius 2 is 2.05 bits per heavy atom. The second-order valence-corrected chi connectivity index (χ2v) is 4.54. The van der Waals surface area contributed by atoms with Crippen molar-refractivity contribution in [3.05, 3.63) is 12.4 Å². The van der Waals surface area contributed by atoms with Crippen molar-refractivity contribution < 1.29 is 9.47 Å². The van der Waals surface area contributed by atoms with Crippen LogP contribution in [0.25, 0.3) is 0 Å². The minimum Gasteiger partial charge on any atom is -0.421 e. The fourth-order valence-corrected chi connectivity index (χ4v) is 1.96. The molecule has 3 heterocycles. The number of nitrogens with zero attached hydrogens (tertiary/aromatic N) is 6. The molecule has 1 N–H and O–H groups in total. The van der Waals surface area contributed by atoms with Gasteiger partial charge in [0.05, 0.1) is 25.6 Å². The van der Waals surface area contributed by atoms with Crippen molar-refractivity contribution in [3.63, 3.8) is 0 Å². The number of morpholine rings is 1. The Labute approximate surface area is 121 Å². The van der Waals surface area contributed by atoms with E-state index < -0.39 is 0 Å². The van der Waals surface area contributed by atoms with Crippen molar-refractivity contribution >= 4 is 11.9 Å². The summed E-state index contributed by atoms with van der Waals surface area (Å²) in [5.74, 6) is 1.63. The van der Waals surface area contributed by atoms with Gasteiger partial charge in [-0.05, 0) is 0 Å². The highest BCUT2D eigenvalue weighted by Crippen LogP contribution is 2.20. The van der Waals surface area contributed by atoms with Crippen LogP contribution in [0.2, 0.25) is 0 Å². The van der Waals surface area contributed by atoms with Crippen LogP contribution in [-0.2, 0) is 11.8 Å². The molecule has 0 aromatic carbocycles. The van der Waals surface area contributed by atoms with Gasteiger partial charge in [0.25, 0.3) is 0 Å². The van der Waals surface area contributed by atoms with Crippen LogP contribution in [0.5, 0.6) is 11.8 Å². The lowest BCUT2D eigenvalue weighted by Crippen LogP contribution is -2.37. The van der Waals surface area contributed by atoms with E-state index in [9.17, 15) is 0 Å². The van der Waals surface area contributed by atoms with Gasteiger partial charge in [-0.2, -0.15) is 20.1 Å². The highest BCUT2D eigenvalue weighted by Gasteiger charge is 2.17.